The third kappa shape index (κ3) is 3.84. The molecule has 8 nitrogen and oxygen atoms in total. The first-order valence-corrected chi connectivity index (χ1v) is 9.45. The van der Waals surface area contributed by atoms with Gasteiger partial charge in [0.15, 0.2) is 6.10 Å². The van der Waals surface area contributed by atoms with Gasteiger partial charge in [0.1, 0.15) is 6.54 Å². The molecule has 1 aliphatic rings. The molecule has 8 heteroatoms. The third-order valence-corrected chi connectivity index (χ3v) is 4.82. The maximum absolute atomic E-state index is 12.6. The monoisotopic (exact) mass is 405 g/mol. The topological polar surface area (TPSA) is 103 Å². The Bertz CT molecular complexity index is 1120. The van der Waals surface area contributed by atoms with E-state index in [9.17, 15) is 14.4 Å². The minimum atomic E-state index is -0.827. The lowest BCUT2D eigenvalue weighted by Crippen LogP contribution is -2.45. The molecule has 0 fully saturated rings. The molecule has 1 atom stereocenters. The summed E-state index contributed by atoms with van der Waals surface area (Å²) in [6.07, 6.45) is -0.764. The molecule has 30 heavy (non-hydrogen) atoms. The Morgan fingerprint density at radius 3 is 2.63 bits per heavy atom. The zero-order valence-electron chi connectivity index (χ0n) is 16.5. The molecular formula is C22H19N3O5. The second-order valence-electron chi connectivity index (χ2n) is 7.06. The number of rotatable bonds is 5. The average molecular weight is 405 g/mol. The van der Waals surface area contributed by atoms with E-state index in [0.29, 0.717) is 17.0 Å². The molecule has 4 rings (SSSR count). The van der Waals surface area contributed by atoms with E-state index < -0.39 is 30.4 Å². The summed E-state index contributed by atoms with van der Waals surface area (Å²) in [5.74, 6) is -1.25. The number of benzene rings is 2. The summed E-state index contributed by atoms with van der Waals surface area (Å²) < 4.78 is 10.9. The molecule has 1 aromatic heterocycles. The number of aryl methyl sites for hydroxylation is 1. The molecular weight excluding hydrogens is 386 g/mol. The highest BCUT2D eigenvalue weighted by Crippen LogP contribution is 2.23. The predicted molar refractivity (Wildman–Crippen MR) is 105 cm³/mol. The van der Waals surface area contributed by atoms with Crippen LogP contribution in [0.15, 0.2) is 52.9 Å². The summed E-state index contributed by atoms with van der Waals surface area (Å²) in [5.41, 5.74) is 2.92. The van der Waals surface area contributed by atoms with Gasteiger partial charge in [-0.05, 0) is 37.6 Å². The van der Waals surface area contributed by atoms with Gasteiger partial charge in [0.05, 0.1) is 6.42 Å². The second-order valence-corrected chi connectivity index (χ2v) is 7.06. The molecule has 0 bridgehead atoms. The van der Waals surface area contributed by atoms with Crippen molar-refractivity contribution >= 4 is 17.8 Å². The Morgan fingerprint density at radius 2 is 1.87 bits per heavy atom. The summed E-state index contributed by atoms with van der Waals surface area (Å²) in [4.78, 5) is 38.1. The number of hydrogen-bond acceptors (Lipinski definition) is 7. The van der Waals surface area contributed by atoms with Crippen LogP contribution in [0, 0.1) is 6.92 Å². The number of carbonyl (C=O) groups excluding carboxylic acids is 3. The van der Waals surface area contributed by atoms with Gasteiger partial charge in [0, 0.05) is 11.1 Å². The molecule has 0 N–H and O–H groups in total. The highest BCUT2D eigenvalue weighted by atomic mass is 16.6. The Hall–Kier alpha value is -3.81. The van der Waals surface area contributed by atoms with Crippen molar-refractivity contribution in [2.75, 3.05) is 6.54 Å². The number of carbonyl (C=O) groups is 3. The van der Waals surface area contributed by atoms with E-state index >= 15 is 0 Å². The third-order valence-electron chi connectivity index (χ3n) is 4.82. The van der Waals surface area contributed by atoms with Crippen LogP contribution in [0.3, 0.4) is 0 Å². The average Bonchev–Trinajstić information content (AvgIpc) is 3.22. The molecule has 1 aliphatic heterocycles. The lowest BCUT2D eigenvalue weighted by molar-refractivity contribution is -0.153. The van der Waals surface area contributed by atoms with Gasteiger partial charge in [-0.25, -0.2) is 0 Å². The van der Waals surface area contributed by atoms with Gasteiger partial charge in [-0.2, -0.15) is 0 Å². The van der Waals surface area contributed by atoms with Gasteiger partial charge in [-0.3, -0.25) is 19.3 Å². The van der Waals surface area contributed by atoms with E-state index in [0.717, 1.165) is 16.0 Å². The molecule has 0 spiro atoms. The van der Waals surface area contributed by atoms with Crippen LogP contribution in [0.5, 0.6) is 0 Å². The number of fused-ring (bicyclic) bond motifs is 1. The Balaban J connectivity index is 1.41. The smallest absolute Gasteiger partial charge is 0.326 e. The SMILES string of the molecule is Cc1ccc(-c2nnc([C@H](C)OC(=O)CN3C(=O)Cc4ccccc4C3=O)o2)cc1. The summed E-state index contributed by atoms with van der Waals surface area (Å²) in [7, 11) is 0. The molecule has 0 saturated carbocycles. The van der Waals surface area contributed by atoms with Gasteiger partial charge in [-0.1, -0.05) is 35.9 Å². The van der Waals surface area contributed by atoms with Crippen LogP contribution < -0.4 is 0 Å². The first-order chi connectivity index (χ1) is 14.4. The zero-order valence-corrected chi connectivity index (χ0v) is 16.5. The van der Waals surface area contributed by atoms with Crippen molar-refractivity contribution < 1.29 is 23.5 Å². The molecule has 0 aliphatic carbocycles. The molecule has 2 amide bonds. The van der Waals surface area contributed by atoms with E-state index in [4.69, 9.17) is 9.15 Å². The van der Waals surface area contributed by atoms with E-state index in [1.165, 1.54) is 0 Å². The molecule has 2 heterocycles. The lowest BCUT2D eigenvalue weighted by atomic mass is 9.98. The van der Waals surface area contributed by atoms with Crippen molar-refractivity contribution in [2.24, 2.45) is 0 Å². The van der Waals surface area contributed by atoms with E-state index in [-0.39, 0.29) is 12.3 Å². The van der Waals surface area contributed by atoms with Crippen molar-refractivity contribution in [3.63, 3.8) is 0 Å². The van der Waals surface area contributed by atoms with E-state index in [1.54, 1.807) is 31.2 Å². The Morgan fingerprint density at radius 1 is 1.13 bits per heavy atom. The number of hydrogen-bond donors (Lipinski definition) is 0. The fourth-order valence-corrected chi connectivity index (χ4v) is 3.19. The number of ether oxygens (including phenoxy) is 1. The van der Waals surface area contributed by atoms with Crippen LogP contribution in [0.2, 0.25) is 0 Å². The Kier molecular flexibility index (Phi) is 5.14. The van der Waals surface area contributed by atoms with Crippen LogP contribution in [-0.2, 0) is 20.7 Å². The number of imide groups is 1. The van der Waals surface area contributed by atoms with Crippen LogP contribution in [0.25, 0.3) is 11.5 Å². The summed E-state index contributed by atoms with van der Waals surface area (Å²) in [6.45, 7) is 3.08. The maximum atomic E-state index is 12.6. The van der Waals surface area contributed by atoms with Crippen molar-refractivity contribution in [3.05, 3.63) is 71.1 Å². The summed E-state index contributed by atoms with van der Waals surface area (Å²) >= 11 is 0. The van der Waals surface area contributed by atoms with E-state index in [2.05, 4.69) is 10.2 Å². The van der Waals surface area contributed by atoms with Crippen LogP contribution in [-0.4, -0.2) is 39.4 Å². The van der Waals surface area contributed by atoms with Gasteiger partial charge in [0.2, 0.25) is 11.8 Å². The Labute approximate surface area is 172 Å². The van der Waals surface area contributed by atoms with Gasteiger partial charge in [-0.15, -0.1) is 10.2 Å². The van der Waals surface area contributed by atoms with Crippen LogP contribution >= 0.6 is 0 Å². The molecule has 152 valence electrons. The van der Waals surface area contributed by atoms with Crippen molar-refractivity contribution in [1.29, 1.82) is 0 Å². The normalized spacial score (nSPS) is 14.4. The maximum Gasteiger partial charge on any atom is 0.326 e. The van der Waals surface area contributed by atoms with Gasteiger partial charge < -0.3 is 9.15 Å². The number of esters is 1. The highest BCUT2D eigenvalue weighted by molar-refractivity contribution is 6.11. The summed E-state index contributed by atoms with van der Waals surface area (Å²) in [6, 6.07) is 14.4. The minimum Gasteiger partial charge on any atom is -0.451 e. The van der Waals surface area contributed by atoms with E-state index in [1.807, 2.05) is 31.2 Å². The van der Waals surface area contributed by atoms with Gasteiger partial charge >= 0.3 is 5.97 Å². The second kappa shape index (κ2) is 7.90. The van der Waals surface area contributed by atoms with Crippen molar-refractivity contribution in [2.45, 2.75) is 26.4 Å². The van der Waals surface area contributed by atoms with Crippen LogP contribution in [0.4, 0.5) is 0 Å². The molecule has 0 unspecified atom stereocenters. The number of amides is 2. The molecule has 0 radical (unpaired) electrons. The first-order valence-electron chi connectivity index (χ1n) is 9.45. The lowest BCUT2D eigenvalue weighted by Gasteiger charge is -2.26. The summed E-state index contributed by atoms with van der Waals surface area (Å²) in [5, 5.41) is 7.92. The predicted octanol–water partition coefficient (Wildman–Crippen LogP) is 2.87. The standard InChI is InChI=1S/C22H19N3O5/c1-13-7-9-15(10-8-13)21-24-23-20(30-21)14(2)29-19(27)12-25-18(26)11-16-5-3-4-6-17(16)22(25)28/h3-10,14H,11-12H2,1-2H3/t14-/m0/s1. The van der Waals surface area contributed by atoms with Gasteiger partial charge in [0.25, 0.3) is 11.8 Å². The zero-order chi connectivity index (χ0) is 21.3. The largest absolute Gasteiger partial charge is 0.451 e. The van der Waals surface area contributed by atoms with Crippen molar-refractivity contribution in [1.82, 2.24) is 15.1 Å². The fourth-order valence-electron chi connectivity index (χ4n) is 3.19. The van der Waals surface area contributed by atoms with Crippen LogP contribution in [0.1, 0.15) is 40.4 Å². The minimum absolute atomic E-state index is 0.0638. The fraction of sp³-hybridized carbons (Fsp3) is 0.227. The van der Waals surface area contributed by atoms with Crippen molar-refractivity contribution in [3.8, 4) is 11.5 Å². The molecule has 0 saturated heterocycles. The molecule has 3 aromatic rings. The highest BCUT2D eigenvalue weighted by Gasteiger charge is 2.33. The quantitative estimate of drug-likeness (QED) is 0.475. The number of nitrogens with zero attached hydrogens (tertiary/aromatic N) is 3. The number of aromatic nitrogens is 2. The molecule has 2 aromatic carbocycles. The first kappa shape index (κ1) is 19.5.